The Morgan fingerprint density at radius 1 is 1.47 bits per heavy atom. The van der Waals surface area contributed by atoms with E-state index in [1.807, 2.05) is 0 Å². The maximum atomic E-state index is 11.7. The standard InChI is InChI=1S/C12H22N2O/c1-9-4-5-10(8-13)11(7-9)14-6-2-3-12(14)15/h9-11H,2-8,13H2,1H3. The molecule has 0 bridgehead atoms. The third-order valence-electron chi connectivity index (χ3n) is 4.03. The Morgan fingerprint density at radius 2 is 2.27 bits per heavy atom. The lowest BCUT2D eigenvalue weighted by atomic mass is 9.78. The van der Waals surface area contributed by atoms with Crippen LogP contribution in [0.2, 0.25) is 0 Å². The fourth-order valence-corrected chi connectivity index (χ4v) is 3.09. The lowest BCUT2D eigenvalue weighted by molar-refractivity contribution is -0.131. The van der Waals surface area contributed by atoms with Gasteiger partial charge in [-0.2, -0.15) is 0 Å². The molecule has 2 rings (SSSR count). The van der Waals surface area contributed by atoms with Crippen LogP contribution in [-0.2, 0) is 4.79 Å². The summed E-state index contributed by atoms with van der Waals surface area (Å²) in [7, 11) is 0. The number of hydrogen-bond acceptors (Lipinski definition) is 2. The number of nitrogens with two attached hydrogens (primary N) is 1. The van der Waals surface area contributed by atoms with Crippen molar-refractivity contribution in [2.45, 2.75) is 45.1 Å². The molecule has 3 unspecified atom stereocenters. The highest BCUT2D eigenvalue weighted by atomic mass is 16.2. The van der Waals surface area contributed by atoms with Gasteiger partial charge in [0.15, 0.2) is 0 Å². The van der Waals surface area contributed by atoms with Gasteiger partial charge in [-0.3, -0.25) is 4.79 Å². The van der Waals surface area contributed by atoms with E-state index in [1.165, 1.54) is 12.8 Å². The van der Waals surface area contributed by atoms with Gasteiger partial charge in [-0.1, -0.05) is 13.3 Å². The molecule has 3 heteroatoms. The van der Waals surface area contributed by atoms with E-state index in [0.717, 1.165) is 38.3 Å². The summed E-state index contributed by atoms with van der Waals surface area (Å²) >= 11 is 0. The van der Waals surface area contributed by atoms with Crippen LogP contribution < -0.4 is 5.73 Å². The average molecular weight is 210 g/mol. The van der Waals surface area contributed by atoms with E-state index in [2.05, 4.69) is 11.8 Å². The molecule has 0 aromatic rings. The molecule has 2 aliphatic rings. The third kappa shape index (κ3) is 2.17. The first-order valence-corrected chi connectivity index (χ1v) is 6.22. The minimum Gasteiger partial charge on any atom is -0.339 e. The molecule has 2 fully saturated rings. The van der Waals surface area contributed by atoms with Crippen LogP contribution in [-0.4, -0.2) is 29.9 Å². The summed E-state index contributed by atoms with van der Waals surface area (Å²) in [4.78, 5) is 13.8. The highest BCUT2D eigenvalue weighted by molar-refractivity contribution is 5.78. The Bertz CT molecular complexity index is 242. The van der Waals surface area contributed by atoms with Gasteiger partial charge in [-0.05, 0) is 37.6 Å². The van der Waals surface area contributed by atoms with Gasteiger partial charge in [0.25, 0.3) is 0 Å². The van der Waals surface area contributed by atoms with Gasteiger partial charge in [-0.25, -0.2) is 0 Å². The van der Waals surface area contributed by atoms with Crippen LogP contribution in [0.15, 0.2) is 0 Å². The van der Waals surface area contributed by atoms with Gasteiger partial charge in [-0.15, -0.1) is 0 Å². The smallest absolute Gasteiger partial charge is 0.222 e. The predicted molar refractivity (Wildman–Crippen MR) is 60.3 cm³/mol. The van der Waals surface area contributed by atoms with Crippen LogP contribution in [0, 0.1) is 11.8 Å². The van der Waals surface area contributed by atoms with E-state index in [4.69, 9.17) is 5.73 Å². The molecule has 0 aromatic carbocycles. The molecule has 1 aliphatic carbocycles. The van der Waals surface area contributed by atoms with Gasteiger partial charge in [0.05, 0.1) is 0 Å². The third-order valence-corrected chi connectivity index (χ3v) is 4.03. The quantitative estimate of drug-likeness (QED) is 0.748. The summed E-state index contributed by atoms with van der Waals surface area (Å²) in [5.74, 6) is 1.65. The molecular weight excluding hydrogens is 188 g/mol. The molecule has 1 saturated heterocycles. The molecular formula is C12H22N2O. The number of nitrogens with zero attached hydrogens (tertiary/aromatic N) is 1. The zero-order chi connectivity index (χ0) is 10.8. The second kappa shape index (κ2) is 4.52. The number of amides is 1. The topological polar surface area (TPSA) is 46.3 Å². The SMILES string of the molecule is CC1CCC(CN)C(N2CCCC2=O)C1. The maximum absolute atomic E-state index is 11.7. The van der Waals surface area contributed by atoms with Crippen molar-refractivity contribution in [3.05, 3.63) is 0 Å². The Labute approximate surface area is 92.0 Å². The fourth-order valence-electron chi connectivity index (χ4n) is 3.09. The number of carbonyl (C=O) groups excluding carboxylic acids is 1. The number of hydrogen-bond donors (Lipinski definition) is 1. The molecule has 3 nitrogen and oxygen atoms in total. The molecule has 2 N–H and O–H groups in total. The van der Waals surface area contributed by atoms with Gasteiger partial charge in [0, 0.05) is 19.0 Å². The summed E-state index contributed by atoms with van der Waals surface area (Å²) in [5.41, 5.74) is 5.81. The summed E-state index contributed by atoms with van der Waals surface area (Å²) in [6, 6.07) is 0.439. The minimum atomic E-state index is 0.354. The van der Waals surface area contributed by atoms with Crippen molar-refractivity contribution in [2.75, 3.05) is 13.1 Å². The molecule has 1 aliphatic heterocycles. The zero-order valence-corrected chi connectivity index (χ0v) is 9.61. The first kappa shape index (κ1) is 10.9. The van der Waals surface area contributed by atoms with E-state index >= 15 is 0 Å². The summed E-state index contributed by atoms with van der Waals surface area (Å²) in [6.45, 7) is 3.99. The first-order chi connectivity index (χ1) is 7.22. The lowest BCUT2D eigenvalue weighted by Gasteiger charge is -2.40. The van der Waals surface area contributed by atoms with Crippen molar-refractivity contribution < 1.29 is 4.79 Å². The first-order valence-electron chi connectivity index (χ1n) is 6.22. The van der Waals surface area contributed by atoms with Crippen LogP contribution >= 0.6 is 0 Å². The van der Waals surface area contributed by atoms with E-state index < -0.39 is 0 Å². The second-order valence-corrected chi connectivity index (χ2v) is 5.17. The molecule has 0 aromatic heterocycles. The van der Waals surface area contributed by atoms with Gasteiger partial charge in [0.2, 0.25) is 5.91 Å². The Hall–Kier alpha value is -0.570. The zero-order valence-electron chi connectivity index (χ0n) is 9.61. The number of carbonyl (C=O) groups is 1. The van der Waals surface area contributed by atoms with E-state index in [0.29, 0.717) is 17.9 Å². The summed E-state index contributed by atoms with van der Waals surface area (Å²) < 4.78 is 0. The molecule has 0 radical (unpaired) electrons. The van der Waals surface area contributed by atoms with Crippen LogP contribution in [0.4, 0.5) is 0 Å². The maximum Gasteiger partial charge on any atom is 0.222 e. The highest BCUT2D eigenvalue weighted by Gasteiger charge is 2.36. The number of likely N-dealkylation sites (tertiary alicyclic amines) is 1. The van der Waals surface area contributed by atoms with Crippen molar-refractivity contribution in [2.24, 2.45) is 17.6 Å². The Morgan fingerprint density at radius 3 is 2.87 bits per heavy atom. The Balaban J connectivity index is 2.05. The van der Waals surface area contributed by atoms with Crippen LogP contribution in [0.1, 0.15) is 39.0 Å². The molecule has 1 amide bonds. The van der Waals surface area contributed by atoms with E-state index in [9.17, 15) is 4.79 Å². The largest absolute Gasteiger partial charge is 0.339 e. The fraction of sp³-hybridized carbons (Fsp3) is 0.917. The molecule has 86 valence electrons. The monoisotopic (exact) mass is 210 g/mol. The second-order valence-electron chi connectivity index (χ2n) is 5.17. The van der Waals surface area contributed by atoms with Gasteiger partial charge >= 0.3 is 0 Å². The summed E-state index contributed by atoms with van der Waals surface area (Å²) in [5, 5.41) is 0. The molecule has 0 spiro atoms. The highest BCUT2D eigenvalue weighted by Crippen LogP contribution is 2.33. The predicted octanol–water partition coefficient (Wildman–Crippen LogP) is 1.37. The summed E-state index contributed by atoms with van der Waals surface area (Å²) in [6.07, 6.45) is 5.43. The molecule has 15 heavy (non-hydrogen) atoms. The minimum absolute atomic E-state index is 0.354. The Kier molecular flexibility index (Phi) is 3.29. The molecule has 1 heterocycles. The average Bonchev–Trinajstić information content (AvgIpc) is 2.64. The van der Waals surface area contributed by atoms with Gasteiger partial charge < -0.3 is 10.6 Å². The molecule has 3 atom stereocenters. The van der Waals surface area contributed by atoms with Crippen molar-refractivity contribution in [1.82, 2.24) is 4.90 Å². The molecule has 1 saturated carbocycles. The van der Waals surface area contributed by atoms with Crippen molar-refractivity contribution >= 4 is 5.91 Å². The van der Waals surface area contributed by atoms with E-state index in [1.54, 1.807) is 0 Å². The van der Waals surface area contributed by atoms with Crippen LogP contribution in [0.25, 0.3) is 0 Å². The van der Waals surface area contributed by atoms with Gasteiger partial charge in [0.1, 0.15) is 0 Å². The van der Waals surface area contributed by atoms with Crippen molar-refractivity contribution in [3.63, 3.8) is 0 Å². The van der Waals surface area contributed by atoms with Crippen LogP contribution in [0.3, 0.4) is 0 Å². The van der Waals surface area contributed by atoms with E-state index in [-0.39, 0.29) is 0 Å². The number of rotatable bonds is 2. The van der Waals surface area contributed by atoms with Crippen molar-refractivity contribution in [3.8, 4) is 0 Å². The van der Waals surface area contributed by atoms with Crippen molar-refractivity contribution in [1.29, 1.82) is 0 Å². The lowest BCUT2D eigenvalue weighted by Crippen LogP contribution is -2.47. The normalized spacial score (nSPS) is 37.3. The van der Waals surface area contributed by atoms with Crippen LogP contribution in [0.5, 0.6) is 0 Å².